The van der Waals surface area contributed by atoms with Crippen LogP contribution < -0.4 is 10.6 Å². The maximum absolute atomic E-state index is 6.10. The van der Waals surface area contributed by atoms with Gasteiger partial charge in [-0.1, -0.05) is 11.6 Å². The molecule has 0 radical (unpaired) electrons. The molecule has 0 spiro atoms. The number of hydrogen-bond donors (Lipinski definition) is 1. The molecule has 1 aromatic rings. The van der Waals surface area contributed by atoms with Gasteiger partial charge in [0.25, 0.3) is 0 Å². The number of halogens is 1. The summed E-state index contributed by atoms with van der Waals surface area (Å²) in [5, 5.41) is 0.734. The van der Waals surface area contributed by atoms with Crippen LogP contribution >= 0.6 is 11.6 Å². The van der Waals surface area contributed by atoms with E-state index in [0.717, 1.165) is 27.5 Å². The smallest absolute Gasteiger partial charge is 0.125 e. The van der Waals surface area contributed by atoms with E-state index in [1.165, 1.54) is 0 Å². The fraction of sp³-hybridized carbons (Fsp3) is 0.400. The highest BCUT2D eigenvalue weighted by Gasteiger charge is 2.12. The molecule has 0 amide bonds. The monoisotopic (exact) mass is 215 g/mol. The Morgan fingerprint density at radius 1 is 1.43 bits per heavy atom. The summed E-state index contributed by atoms with van der Waals surface area (Å²) < 4.78 is 5.22. The predicted octanol–water partition coefficient (Wildman–Crippen LogP) is 2.36. The molecule has 0 aliphatic heterocycles. The van der Waals surface area contributed by atoms with Gasteiger partial charge in [-0.05, 0) is 31.0 Å². The molecule has 0 atom stereocenters. The Bertz CT molecular complexity index is 339. The summed E-state index contributed by atoms with van der Waals surface area (Å²) in [6, 6.07) is 1.88. The zero-order valence-electron chi connectivity index (χ0n) is 8.56. The standard InChI is InChI=1S/C10H14ClNO2/c1-6-4-9(13-3)8(5-14-12)7(2)10(6)11/h4H,5,12H2,1-3H3. The summed E-state index contributed by atoms with van der Waals surface area (Å²) >= 11 is 6.10. The molecule has 78 valence electrons. The summed E-state index contributed by atoms with van der Waals surface area (Å²) in [5.74, 6) is 5.80. The second-order valence-corrected chi connectivity index (χ2v) is 3.50. The lowest BCUT2D eigenvalue weighted by Crippen LogP contribution is -2.04. The fourth-order valence-corrected chi connectivity index (χ4v) is 1.57. The van der Waals surface area contributed by atoms with Crippen LogP contribution in [0.15, 0.2) is 6.07 Å². The molecule has 0 saturated carbocycles. The summed E-state index contributed by atoms with van der Waals surface area (Å²) in [4.78, 5) is 4.61. The van der Waals surface area contributed by atoms with Crippen LogP contribution in [0.5, 0.6) is 5.75 Å². The molecule has 0 fully saturated rings. The quantitative estimate of drug-likeness (QED) is 0.788. The number of benzene rings is 1. The highest BCUT2D eigenvalue weighted by Crippen LogP contribution is 2.31. The van der Waals surface area contributed by atoms with Gasteiger partial charge in [0.15, 0.2) is 0 Å². The van der Waals surface area contributed by atoms with Crippen LogP contribution in [-0.4, -0.2) is 7.11 Å². The van der Waals surface area contributed by atoms with Crippen molar-refractivity contribution < 1.29 is 9.57 Å². The first-order valence-corrected chi connectivity index (χ1v) is 4.63. The van der Waals surface area contributed by atoms with Gasteiger partial charge in [0.05, 0.1) is 13.7 Å². The average Bonchev–Trinajstić information content (AvgIpc) is 2.19. The molecule has 0 aliphatic rings. The molecule has 4 heteroatoms. The van der Waals surface area contributed by atoms with E-state index in [-0.39, 0.29) is 0 Å². The summed E-state index contributed by atoms with van der Waals surface area (Å²) in [6.45, 7) is 4.16. The van der Waals surface area contributed by atoms with Gasteiger partial charge in [-0.2, -0.15) is 0 Å². The van der Waals surface area contributed by atoms with Crippen molar-refractivity contribution in [3.8, 4) is 5.75 Å². The Morgan fingerprint density at radius 3 is 2.57 bits per heavy atom. The summed E-state index contributed by atoms with van der Waals surface area (Å²) in [7, 11) is 1.61. The third-order valence-corrected chi connectivity index (χ3v) is 2.80. The first kappa shape index (κ1) is 11.3. The van der Waals surface area contributed by atoms with Crippen molar-refractivity contribution in [1.82, 2.24) is 0 Å². The second-order valence-electron chi connectivity index (χ2n) is 3.12. The molecule has 1 aromatic carbocycles. The Labute approximate surface area is 88.7 Å². The van der Waals surface area contributed by atoms with Crippen molar-refractivity contribution >= 4 is 11.6 Å². The van der Waals surface area contributed by atoms with Crippen LogP contribution in [0.4, 0.5) is 0 Å². The zero-order valence-corrected chi connectivity index (χ0v) is 9.31. The van der Waals surface area contributed by atoms with Crippen LogP contribution in [-0.2, 0) is 11.4 Å². The number of ether oxygens (including phenoxy) is 1. The minimum Gasteiger partial charge on any atom is -0.496 e. The van der Waals surface area contributed by atoms with E-state index >= 15 is 0 Å². The van der Waals surface area contributed by atoms with Crippen molar-refractivity contribution in [3.05, 3.63) is 27.8 Å². The van der Waals surface area contributed by atoms with Crippen LogP contribution in [0.3, 0.4) is 0 Å². The average molecular weight is 216 g/mol. The highest BCUT2D eigenvalue weighted by atomic mass is 35.5. The maximum Gasteiger partial charge on any atom is 0.125 e. The SMILES string of the molecule is COc1cc(C)c(Cl)c(C)c1CON. The Kier molecular flexibility index (Phi) is 3.75. The Hall–Kier alpha value is -0.770. The first-order chi connectivity index (χ1) is 6.61. The predicted molar refractivity (Wildman–Crippen MR) is 56.5 cm³/mol. The topological polar surface area (TPSA) is 44.5 Å². The third-order valence-electron chi connectivity index (χ3n) is 2.22. The van der Waals surface area contributed by atoms with E-state index in [1.54, 1.807) is 7.11 Å². The van der Waals surface area contributed by atoms with E-state index in [0.29, 0.717) is 6.61 Å². The van der Waals surface area contributed by atoms with E-state index in [4.69, 9.17) is 22.2 Å². The molecule has 0 unspecified atom stereocenters. The molecule has 3 nitrogen and oxygen atoms in total. The maximum atomic E-state index is 6.10. The molecule has 14 heavy (non-hydrogen) atoms. The van der Waals surface area contributed by atoms with Gasteiger partial charge in [-0.3, -0.25) is 4.84 Å². The Balaban J connectivity index is 3.29. The van der Waals surface area contributed by atoms with Gasteiger partial charge in [0.2, 0.25) is 0 Å². The molecule has 2 N–H and O–H groups in total. The third kappa shape index (κ3) is 2.00. The zero-order chi connectivity index (χ0) is 10.7. The van der Waals surface area contributed by atoms with E-state index in [1.807, 2.05) is 19.9 Å². The molecule has 0 heterocycles. The van der Waals surface area contributed by atoms with Gasteiger partial charge in [0.1, 0.15) is 5.75 Å². The first-order valence-electron chi connectivity index (χ1n) is 4.26. The molecule has 0 saturated heterocycles. The number of nitrogens with two attached hydrogens (primary N) is 1. The number of methoxy groups -OCH3 is 1. The number of aryl methyl sites for hydroxylation is 1. The summed E-state index contributed by atoms with van der Waals surface area (Å²) in [6.07, 6.45) is 0. The molecular weight excluding hydrogens is 202 g/mol. The van der Waals surface area contributed by atoms with E-state index in [9.17, 15) is 0 Å². The highest BCUT2D eigenvalue weighted by molar-refractivity contribution is 6.32. The van der Waals surface area contributed by atoms with Crippen LogP contribution in [0, 0.1) is 13.8 Å². The number of rotatable bonds is 3. The van der Waals surface area contributed by atoms with E-state index < -0.39 is 0 Å². The van der Waals surface area contributed by atoms with Gasteiger partial charge in [-0.15, -0.1) is 0 Å². The van der Waals surface area contributed by atoms with Crippen molar-refractivity contribution in [2.75, 3.05) is 7.11 Å². The molecular formula is C10H14ClNO2. The minimum atomic E-state index is 0.301. The van der Waals surface area contributed by atoms with Crippen LogP contribution in [0.2, 0.25) is 5.02 Å². The molecule has 0 aliphatic carbocycles. The fourth-order valence-electron chi connectivity index (χ4n) is 1.40. The minimum absolute atomic E-state index is 0.301. The van der Waals surface area contributed by atoms with Gasteiger partial charge in [0, 0.05) is 10.6 Å². The van der Waals surface area contributed by atoms with Crippen molar-refractivity contribution in [1.29, 1.82) is 0 Å². The van der Waals surface area contributed by atoms with Gasteiger partial charge in [-0.25, -0.2) is 5.90 Å². The second kappa shape index (κ2) is 4.64. The lowest BCUT2D eigenvalue weighted by molar-refractivity contribution is 0.121. The lowest BCUT2D eigenvalue weighted by Gasteiger charge is -2.13. The summed E-state index contributed by atoms with van der Waals surface area (Å²) in [5.41, 5.74) is 2.83. The lowest BCUT2D eigenvalue weighted by atomic mass is 10.0. The van der Waals surface area contributed by atoms with Gasteiger partial charge >= 0.3 is 0 Å². The van der Waals surface area contributed by atoms with Gasteiger partial charge < -0.3 is 4.74 Å². The van der Waals surface area contributed by atoms with E-state index in [2.05, 4.69) is 4.84 Å². The van der Waals surface area contributed by atoms with Crippen molar-refractivity contribution in [2.45, 2.75) is 20.5 Å². The molecule has 1 rings (SSSR count). The largest absolute Gasteiger partial charge is 0.496 e. The number of hydrogen-bond acceptors (Lipinski definition) is 3. The van der Waals surface area contributed by atoms with Crippen molar-refractivity contribution in [2.24, 2.45) is 5.90 Å². The molecule has 0 bridgehead atoms. The normalized spacial score (nSPS) is 10.4. The van der Waals surface area contributed by atoms with Crippen molar-refractivity contribution in [3.63, 3.8) is 0 Å². The van der Waals surface area contributed by atoms with Crippen LogP contribution in [0.25, 0.3) is 0 Å². The van der Waals surface area contributed by atoms with Crippen LogP contribution in [0.1, 0.15) is 16.7 Å². The molecule has 0 aromatic heterocycles. The Morgan fingerprint density at radius 2 is 2.07 bits per heavy atom.